The van der Waals surface area contributed by atoms with Gasteiger partial charge in [0.25, 0.3) is 5.91 Å². The van der Waals surface area contributed by atoms with Crippen molar-refractivity contribution >= 4 is 33.9 Å². The Kier molecular flexibility index (Phi) is 4.94. The Labute approximate surface area is 157 Å². The normalized spacial score (nSPS) is 15.0. The molecular formula is C20H25N5O2. The van der Waals surface area contributed by atoms with Crippen molar-refractivity contribution in [3.8, 4) is 0 Å². The van der Waals surface area contributed by atoms with E-state index in [1.807, 2.05) is 28.8 Å². The third kappa shape index (κ3) is 3.35. The van der Waals surface area contributed by atoms with E-state index in [0.717, 1.165) is 43.1 Å². The number of nitrogens with zero attached hydrogens (tertiary/aromatic N) is 3. The molecule has 1 amide bonds. The number of nitrogens with two attached hydrogens (primary N) is 1. The zero-order chi connectivity index (χ0) is 18.8. The molecule has 0 atom stereocenters. The monoisotopic (exact) mass is 367 g/mol. The van der Waals surface area contributed by atoms with E-state index in [-0.39, 0.29) is 11.9 Å². The van der Waals surface area contributed by atoms with Gasteiger partial charge in [0.15, 0.2) is 5.65 Å². The van der Waals surface area contributed by atoms with Gasteiger partial charge in [-0.3, -0.25) is 4.79 Å². The molecule has 0 saturated heterocycles. The van der Waals surface area contributed by atoms with Gasteiger partial charge in [0.05, 0.1) is 11.0 Å². The van der Waals surface area contributed by atoms with Crippen LogP contribution in [0.5, 0.6) is 0 Å². The minimum absolute atomic E-state index is 0.153. The topological polar surface area (TPSA) is 95.1 Å². The zero-order valence-electron chi connectivity index (χ0n) is 15.6. The van der Waals surface area contributed by atoms with Crippen molar-refractivity contribution in [2.24, 2.45) is 0 Å². The summed E-state index contributed by atoms with van der Waals surface area (Å²) in [5.74, 6) is 0.270. The molecule has 1 aliphatic carbocycles. The number of aromatic nitrogens is 3. The van der Waals surface area contributed by atoms with Gasteiger partial charge in [-0.2, -0.15) is 0 Å². The highest BCUT2D eigenvalue weighted by molar-refractivity contribution is 6.10. The Morgan fingerprint density at radius 2 is 1.96 bits per heavy atom. The summed E-state index contributed by atoms with van der Waals surface area (Å²) >= 11 is 0. The summed E-state index contributed by atoms with van der Waals surface area (Å²) in [6.07, 6.45) is 5.13. The highest BCUT2D eigenvalue weighted by Gasteiger charge is 2.26. The molecule has 0 aliphatic heterocycles. The summed E-state index contributed by atoms with van der Waals surface area (Å²) in [5, 5.41) is 3.13. The van der Waals surface area contributed by atoms with Gasteiger partial charge in [-0.05, 0) is 31.4 Å². The molecule has 2 aromatic heterocycles. The molecule has 1 fully saturated rings. The third-order valence-corrected chi connectivity index (χ3v) is 5.24. The average Bonchev–Trinajstić information content (AvgIpc) is 3.26. The van der Waals surface area contributed by atoms with E-state index in [9.17, 15) is 4.79 Å². The Hall–Kier alpha value is -2.67. The Bertz CT molecular complexity index is 975. The van der Waals surface area contributed by atoms with Crippen molar-refractivity contribution in [3.63, 3.8) is 0 Å². The van der Waals surface area contributed by atoms with Crippen LogP contribution in [0.4, 0.5) is 5.82 Å². The minimum Gasteiger partial charge on any atom is -0.385 e. The number of carbonyl (C=O) groups excluding carboxylic acids is 1. The second kappa shape index (κ2) is 7.52. The van der Waals surface area contributed by atoms with Crippen LogP contribution in [0.3, 0.4) is 0 Å². The number of para-hydroxylation sites is 2. The molecule has 27 heavy (non-hydrogen) atoms. The molecular weight excluding hydrogens is 342 g/mol. The number of amides is 1. The maximum absolute atomic E-state index is 13.0. The first kappa shape index (κ1) is 17.7. The van der Waals surface area contributed by atoms with Crippen LogP contribution < -0.4 is 11.1 Å². The summed E-state index contributed by atoms with van der Waals surface area (Å²) in [7, 11) is 1.67. The smallest absolute Gasteiger partial charge is 0.257 e. The fourth-order valence-corrected chi connectivity index (χ4v) is 3.86. The van der Waals surface area contributed by atoms with Crippen LogP contribution in [-0.4, -0.2) is 40.2 Å². The second-order valence-corrected chi connectivity index (χ2v) is 7.10. The van der Waals surface area contributed by atoms with Gasteiger partial charge in [0, 0.05) is 26.3 Å². The van der Waals surface area contributed by atoms with Crippen molar-refractivity contribution in [1.82, 2.24) is 19.9 Å². The molecule has 2 heterocycles. The number of methoxy groups -OCH3 is 1. The lowest BCUT2D eigenvalue weighted by atomic mass is 10.2. The van der Waals surface area contributed by atoms with E-state index >= 15 is 0 Å². The number of rotatable bonds is 6. The lowest BCUT2D eigenvalue weighted by molar-refractivity contribution is 0.0940. The minimum atomic E-state index is -0.153. The fourth-order valence-electron chi connectivity index (χ4n) is 3.86. The summed E-state index contributed by atoms with van der Waals surface area (Å²) in [5.41, 5.74) is 9.62. The van der Waals surface area contributed by atoms with Gasteiger partial charge in [0.2, 0.25) is 0 Å². The SMILES string of the molecule is COCCCn1c(N)c(C(=O)NC2CCCC2)c2nc3ccccc3nc21. The molecule has 0 radical (unpaired) electrons. The molecule has 0 unspecified atom stereocenters. The predicted molar refractivity (Wildman–Crippen MR) is 106 cm³/mol. The molecule has 142 valence electrons. The third-order valence-electron chi connectivity index (χ3n) is 5.24. The van der Waals surface area contributed by atoms with E-state index in [0.29, 0.717) is 35.7 Å². The van der Waals surface area contributed by atoms with E-state index in [4.69, 9.17) is 20.4 Å². The van der Waals surface area contributed by atoms with Crippen LogP contribution in [0.2, 0.25) is 0 Å². The quantitative estimate of drug-likeness (QED) is 0.653. The van der Waals surface area contributed by atoms with E-state index in [1.54, 1.807) is 7.11 Å². The highest BCUT2D eigenvalue weighted by Crippen LogP contribution is 2.29. The molecule has 7 nitrogen and oxygen atoms in total. The molecule has 1 saturated carbocycles. The number of aryl methyl sites for hydroxylation is 1. The van der Waals surface area contributed by atoms with Gasteiger partial charge in [-0.1, -0.05) is 25.0 Å². The van der Waals surface area contributed by atoms with Gasteiger partial charge in [0.1, 0.15) is 16.9 Å². The summed E-state index contributed by atoms with van der Waals surface area (Å²) in [4.78, 5) is 22.5. The number of nitrogen functional groups attached to an aromatic ring is 1. The molecule has 3 aromatic rings. The first-order valence-electron chi connectivity index (χ1n) is 9.53. The van der Waals surface area contributed by atoms with E-state index < -0.39 is 0 Å². The lowest BCUT2D eigenvalue weighted by Gasteiger charge is -2.12. The Morgan fingerprint density at radius 3 is 2.67 bits per heavy atom. The Balaban J connectivity index is 1.81. The van der Waals surface area contributed by atoms with Crippen LogP contribution in [0.15, 0.2) is 24.3 Å². The van der Waals surface area contributed by atoms with Crippen LogP contribution in [-0.2, 0) is 11.3 Å². The first-order valence-corrected chi connectivity index (χ1v) is 9.53. The van der Waals surface area contributed by atoms with Crippen molar-refractivity contribution < 1.29 is 9.53 Å². The Morgan fingerprint density at radius 1 is 1.26 bits per heavy atom. The van der Waals surface area contributed by atoms with Gasteiger partial charge in [-0.25, -0.2) is 9.97 Å². The second-order valence-electron chi connectivity index (χ2n) is 7.10. The number of carbonyl (C=O) groups is 1. The zero-order valence-corrected chi connectivity index (χ0v) is 15.6. The van der Waals surface area contributed by atoms with Crippen LogP contribution in [0.25, 0.3) is 22.2 Å². The van der Waals surface area contributed by atoms with Crippen molar-refractivity contribution in [2.75, 3.05) is 19.5 Å². The van der Waals surface area contributed by atoms with E-state index in [2.05, 4.69) is 5.32 Å². The van der Waals surface area contributed by atoms with Gasteiger partial charge < -0.3 is 20.4 Å². The largest absolute Gasteiger partial charge is 0.385 e. The number of hydrogen-bond acceptors (Lipinski definition) is 5. The summed E-state index contributed by atoms with van der Waals surface area (Å²) in [6, 6.07) is 7.89. The van der Waals surface area contributed by atoms with Crippen LogP contribution in [0.1, 0.15) is 42.5 Å². The standard InChI is InChI=1S/C20H25N5O2/c1-27-12-6-11-25-18(21)16(20(26)22-13-7-2-3-8-13)17-19(25)24-15-10-5-4-9-14(15)23-17/h4-5,9-10,13H,2-3,6-8,11-12,21H2,1H3,(H,22,26). The fraction of sp³-hybridized carbons (Fsp3) is 0.450. The first-order chi connectivity index (χ1) is 13.2. The molecule has 1 aliphatic rings. The highest BCUT2D eigenvalue weighted by atomic mass is 16.5. The number of hydrogen-bond donors (Lipinski definition) is 2. The number of ether oxygens (including phenoxy) is 1. The molecule has 1 aromatic carbocycles. The maximum atomic E-state index is 13.0. The van der Waals surface area contributed by atoms with Crippen molar-refractivity contribution in [1.29, 1.82) is 0 Å². The number of anilines is 1. The summed E-state index contributed by atoms with van der Waals surface area (Å²) in [6.45, 7) is 1.24. The lowest BCUT2D eigenvalue weighted by Crippen LogP contribution is -2.33. The number of benzene rings is 1. The summed E-state index contributed by atoms with van der Waals surface area (Å²) < 4.78 is 7.05. The van der Waals surface area contributed by atoms with Gasteiger partial charge >= 0.3 is 0 Å². The van der Waals surface area contributed by atoms with Crippen molar-refractivity contribution in [3.05, 3.63) is 29.8 Å². The molecule has 7 heteroatoms. The number of nitrogens with one attached hydrogen (secondary N) is 1. The average molecular weight is 367 g/mol. The molecule has 0 spiro atoms. The molecule has 4 rings (SSSR count). The van der Waals surface area contributed by atoms with E-state index in [1.165, 1.54) is 0 Å². The molecule has 3 N–H and O–H groups in total. The molecule has 0 bridgehead atoms. The number of fused-ring (bicyclic) bond motifs is 2. The van der Waals surface area contributed by atoms with Crippen LogP contribution >= 0.6 is 0 Å². The van der Waals surface area contributed by atoms with Gasteiger partial charge in [-0.15, -0.1) is 0 Å². The van der Waals surface area contributed by atoms with Crippen molar-refractivity contribution in [2.45, 2.75) is 44.7 Å². The van der Waals surface area contributed by atoms with Crippen LogP contribution in [0, 0.1) is 0 Å². The predicted octanol–water partition coefficient (Wildman–Crippen LogP) is 2.88. The maximum Gasteiger partial charge on any atom is 0.257 e.